The summed E-state index contributed by atoms with van der Waals surface area (Å²) >= 11 is 0.549. The third kappa shape index (κ3) is 6.60. The topological polar surface area (TPSA) is 63.3 Å². The van der Waals surface area contributed by atoms with E-state index in [0.29, 0.717) is 21.4 Å². The molecule has 0 rings (SSSR count). The van der Waals surface area contributed by atoms with E-state index in [9.17, 15) is 4.79 Å². The molecule has 0 aliphatic carbocycles. The van der Waals surface area contributed by atoms with Crippen molar-refractivity contribution in [3.05, 3.63) is 0 Å². The first kappa shape index (κ1) is 13.1. The zero-order valence-corrected chi connectivity index (χ0v) is 8.73. The Hall–Kier alpha value is 0.482. The second kappa shape index (κ2) is 7.59. The number of carboxylic acid groups (broad SMARTS) is 1. The van der Waals surface area contributed by atoms with E-state index in [2.05, 4.69) is 5.82 Å². The Morgan fingerprint density at radius 1 is 1.80 bits per heavy atom. The molecule has 0 spiro atoms. The maximum absolute atomic E-state index is 10.1. The number of hydrogen-bond donors (Lipinski definition) is 2. The zero-order chi connectivity index (χ0) is 7.28. The number of nitrogens with two attached hydrogens (primary N) is 1. The van der Waals surface area contributed by atoms with Gasteiger partial charge >= 0.3 is 60.2 Å². The Morgan fingerprint density at radius 3 is 2.60 bits per heavy atom. The minimum atomic E-state index is -0.890. The molecule has 0 radical (unpaired) electrons. The van der Waals surface area contributed by atoms with Crippen molar-refractivity contribution in [3.8, 4) is 0 Å². The molecular weight excluding hydrogens is 237 g/mol. The van der Waals surface area contributed by atoms with Gasteiger partial charge in [0.1, 0.15) is 0 Å². The first-order valence-corrected chi connectivity index (χ1v) is 5.58. The van der Waals surface area contributed by atoms with E-state index in [1.54, 1.807) is 0 Å². The van der Waals surface area contributed by atoms with Crippen LogP contribution in [0.25, 0.3) is 0 Å². The van der Waals surface area contributed by atoms with Crippen LogP contribution in [0, 0.1) is 0 Å². The van der Waals surface area contributed by atoms with E-state index >= 15 is 0 Å². The van der Waals surface area contributed by atoms with Gasteiger partial charge in [0.25, 0.3) is 0 Å². The van der Waals surface area contributed by atoms with E-state index in [0.717, 1.165) is 5.32 Å². The molecule has 0 aliphatic heterocycles. The fourth-order valence-electron chi connectivity index (χ4n) is 0.368. The van der Waals surface area contributed by atoms with Crippen LogP contribution in [0.3, 0.4) is 0 Å². The molecule has 0 aromatic heterocycles. The normalized spacial score (nSPS) is 11.8. The van der Waals surface area contributed by atoms with Gasteiger partial charge < -0.3 is 0 Å². The van der Waals surface area contributed by atoms with Crippen LogP contribution >= 0.6 is 0 Å². The first-order valence-electron chi connectivity index (χ1n) is 2.65. The van der Waals surface area contributed by atoms with Gasteiger partial charge in [-0.1, -0.05) is 0 Å². The first-order chi connectivity index (χ1) is 4.18. The van der Waals surface area contributed by atoms with Crippen molar-refractivity contribution in [2.24, 2.45) is 5.73 Å². The molecule has 3 nitrogen and oxygen atoms in total. The molecule has 0 aromatic carbocycles. The summed E-state index contributed by atoms with van der Waals surface area (Å²) in [4.78, 5) is 10.1. The predicted molar refractivity (Wildman–Crippen MR) is 36.7 cm³/mol. The molecule has 0 amide bonds. The Labute approximate surface area is 77.6 Å². The fourth-order valence-corrected chi connectivity index (χ4v) is 1.40. The van der Waals surface area contributed by atoms with Crippen molar-refractivity contribution < 1.29 is 27.3 Å². The van der Waals surface area contributed by atoms with Crippen molar-refractivity contribution in [3.63, 3.8) is 0 Å². The SMILES string of the molecule is C[Se]CC[C@H](N)C(=O)O.[Cr]. The maximum atomic E-state index is 10.1. The van der Waals surface area contributed by atoms with E-state index in [4.69, 9.17) is 10.8 Å². The van der Waals surface area contributed by atoms with Crippen LogP contribution in [0.15, 0.2) is 0 Å². The summed E-state index contributed by atoms with van der Waals surface area (Å²) < 4.78 is 0. The molecule has 1 atom stereocenters. The quantitative estimate of drug-likeness (QED) is 0.686. The standard InChI is InChI=1S/C5H11NO2Se.Cr/c1-9-3-2-4(6)5(7)8;/h4H,2-3,6H2,1H3,(H,7,8);/t4-;/m0./s1. The Morgan fingerprint density at radius 2 is 2.30 bits per heavy atom. The molecule has 0 unspecified atom stereocenters. The minimum absolute atomic E-state index is 0. The van der Waals surface area contributed by atoms with Gasteiger partial charge in [0.05, 0.1) is 0 Å². The van der Waals surface area contributed by atoms with Crippen molar-refractivity contribution in [2.75, 3.05) is 0 Å². The van der Waals surface area contributed by atoms with E-state index in [1.807, 2.05) is 0 Å². The van der Waals surface area contributed by atoms with Crippen LogP contribution in [0.1, 0.15) is 6.42 Å². The summed E-state index contributed by atoms with van der Waals surface area (Å²) in [5, 5.41) is 9.25. The Kier molecular flexibility index (Phi) is 9.94. The van der Waals surface area contributed by atoms with Gasteiger partial charge in [-0.15, -0.1) is 0 Å². The number of rotatable bonds is 4. The van der Waals surface area contributed by atoms with Crippen LogP contribution in [-0.4, -0.2) is 32.1 Å². The molecule has 0 fully saturated rings. The second-order valence-electron chi connectivity index (χ2n) is 1.73. The van der Waals surface area contributed by atoms with Gasteiger partial charge in [0, 0.05) is 17.4 Å². The summed E-state index contributed by atoms with van der Waals surface area (Å²) in [5.74, 6) is 1.18. The second-order valence-corrected chi connectivity index (χ2v) is 3.79. The minimum Gasteiger partial charge on any atom is 0 e. The van der Waals surface area contributed by atoms with E-state index < -0.39 is 12.0 Å². The molecule has 0 saturated heterocycles. The summed E-state index contributed by atoms with van der Waals surface area (Å²) in [6.07, 6.45) is 0.617. The van der Waals surface area contributed by atoms with Crippen LogP contribution < -0.4 is 5.73 Å². The molecule has 10 heavy (non-hydrogen) atoms. The number of carbonyl (C=O) groups is 1. The summed E-state index contributed by atoms with van der Waals surface area (Å²) in [5.41, 5.74) is 5.21. The Balaban J connectivity index is 0. The van der Waals surface area contributed by atoms with Crippen molar-refractivity contribution in [1.29, 1.82) is 0 Å². The van der Waals surface area contributed by atoms with Gasteiger partial charge in [0.2, 0.25) is 0 Å². The largest absolute Gasteiger partial charge is 0 e. The molecule has 0 saturated carbocycles. The number of hydrogen-bond acceptors (Lipinski definition) is 2. The molecule has 0 aromatic rings. The molecular formula is C5H11CrNO2Se. The monoisotopic (exact) mass is 249 g/mol. The molecule has 0 aliphatic rings. The van der Waals surface area contributed by atoms with Crippen LogP contribution in [0.4, 0.5) is 0 Å². The third-order valence-electron chi connectivity index (χ3n) is 0.950. The van der Waals surface area contributed by atoms with Crippen molar-refractivity contribution >= 4 is 20.9 Å². The maximum Gasteiger partial charge on any atom is 0 e. The van der Waals surface area contributed by atoms with Crippen molar-refractivity contribution in [1.82, 2.24) is 0 Å². The summed E-state index contributed by atoms with van der Waals surface area (Å²) in [6.45, 7) is 0. The average molecular weight is 248 g/mol. The van der Waals surface area contributed by atoms with Crippen LogP contribution in [-0.2, 0) is 22.2 Å². The Bertz CT molecular complexity index is 102. The van der Waals surface area contributed by atoms with Gasteiger partial charge in [-0.25, -0.2) is 0 Å². The van der Waals surface area contributed by atoms with E-state index in [-0.39, 0.29) is 17.4 Å². The third-order valence-corrected chi connectivity index (χ3v) is 2.30. The van der Waals surface area contributed by atoms with Crippen molar-refractivity contribution in [2.45, 2.75) is 23.6 Å². The predicted octanol–water partition coefficient (Wildman–Crippen LogP) is -0.0435. The molecule has 60 valence electrons. The summed E-state index contributed by atoms with van der Waals surface area (Å²) in [6, 6.07) is -0.646. The summed E-state index contributed by atoms with van der Waals surface area (Å²) in [7, 11) is 0. The van der Waals surface area contributed by atoms with Gasteiger partial charge in [-0.2, -0.15) is 0 Å². The molecule has 0 bridgehead atoms. The smallest absolute Gasteiger partial charge is 0 e. The zero-order valence-electron chi connectivity index (χ0n) is 5.74. The van der Waals surface area contributed by atoms with E-state index in [1.165, 1.54) is 0 Å². The number of aliphatic carboxylic acids is 1. The average Bonchev–Trinajstić information content (AvgIpc) is 1.82. The van der Waals surface area contributed by atoms with Gasteiger partial charge in [0.15, 0.2) is 0 Å². The molecule has 5 heteroatoms. The van der Waals surface area contributed by atoms with Gasteiger partial charge in [-0.3, -0.25) is 0 Å². The fraction of sp³-hybridized carbons (Fsp3) is 0.800. The molecule has 3 N–H and O–H groups in total. The molecule has 0 heterocycles. The van der Waals surface area contributed by atoms with Crippen LogP contribution in [0.2, 0.25) is 11.1 Å². The number of carboxylic acids is 1. The van der Waals surface area contributed by atoms with Crippen LogP contribution in [0.5, 0.6) is 0 Å². The van der Waals surface area contributed by atoms with Gasteiger partial charge in [-0.05, 0) is 0 Å².